The van der Waals surface area contributed by atoms with Gasteiger partial charge in [0.25, 0.3) is 0 Å². The summed E-state index contributed by atoms with van der Waals surface area (Å²) in [6, 6.07) is 8.22. The van der Waals surface area contributed by atoms with Crippen LogP contribution in [0.15, 0.2) is 68.1 Å². The Morgan fingerprint density at radius 2 is 0.655 bits per heavy atom. The van der Waals surface area contributed by atoms with Crippen LogP contribution >= 0.6 is 0 Å². The predicted octanol–water partition coefficient (Wildman–Crippen LogP) is -0.392. The van der Waals surface area contributed by atoms with Crippen molar-refractivity contribution in [3.8, 4) is 0 Å². The number of sulfone groups is 2. The third kappa shape index (κ3) is 9.40. The van der Waals surface area contributed by atoms with Crippen LogP contribution < -0.4 is 0 Å². The Kier molecular flexibility index (Phi) is 9.95. The first-order chi connectivity index (χ1) is 12.4. The van der Waals surface area contributed by atoms with Gasteiger partial charge >= 0.3 is 37.7 Å². The van der Waals surface area contributed by atoms with E-state index in [-0.39, 0.29) is 47.5 Å². The molecule has 0 aliphatic heterocycles. The molecule has 10 nitrogen and oxygen atoms in total. The molecule has 0 saturated carbocycles. The molecule has 0 atom stereocenters. The van der Waals surface area contributed by atoms with Crippen LogP contribution in [0.25, 0.3) is 0 Å². The van der Waals surface area contributed by atoms with E-state index in [0.717, 1.165) is 61.0 Å². The summed E-state index contributed by atoms with van der Waals surface area (Å²) < 4.78 is 107. The molecule has 2 aromatic rings. The molecule has 0 bridgehead atoms. The standard InChI is InChI=1S/2C7H8O5S2.Ca/c2*1-13(8,9)6-2-4-7(5-3-6)14(10,11)12;/h2*2-5H,1H3,(H,10,11,12);/q;;+2/p-2. The summed E-state index contributed by atoms with van der Waals surface area (Å²) in [5.74, 6) is 0. The van der Waals surface area contributed by atoms with Crippen LogP contribution in [0.2, 0.25) is 0 Å². The minimum absolute atomic E-state index is 0. The van der Waals surface area contributed by atoms with E-state index in [9.17, 15) is 42.8 Å². The number of hydrogen-bond acceptors (Lipinski definition) is 10. The summed E-state index contributed by atoms with van der Waals surface area (Å²) in [6.07, 6.45) is 1.99. The zero-order chi connectivity index (χ0) is 22.0. The molecular weight excluding hydrogens is 496 g/mol. The Balaban J connectivity index is 0.000000523. The molecule has 29 heavy (non-hydrogen) atoms. The Bertz CT molecular complexity index is 1060. The zero-order valence-electron chi connectivity index (χ0n) is 15.0. The van der Waals surface area contributed by atoms with Crippen molar-refractivity contribution < 1.29 is 42.8 Å². The SMILES string of the molecule is CS(=O)(=O)c1ccc(S(=O)(=O)[O-])cc1.CS(=O)(=O)c1ccc(S(=O)(=O)[O-])cc1.[Ca+2]. The molecule has 2 aromatic carbocycles. The van der Waals surface area contributed by atoms with E-state index in [1.807, 2.05) is 0 Å². The molecule has 0 N–H and O–H groups in total. The zero-order valence-corrected chi connectivity index (χ0v) is 20.5. The average Bonchev–Trinajstić information content (AvgIpc) is 2.52. The van der Waals surface area contributed by atoms with E-state index in [0.29, 0.717) is 0 Å². The van der Waals surface area contributed by atoms with E-state index in [4.69, 9.17) is 0 Å². The Morgan fingerprint density at radius 1 is 0.483 bits per heavy atom. The van der Waals surface area contributed by atoms with Gasteiger partial charge in [-0.3, -0.25) is 0 Å². The Labute approximate surface area is 199 Å². The van der Waals surface area contributed by atoms with Gasteiger partial charge in [0.05, 0.1) is 19.6 Å². The van der Waals surface area contributed by atoms with Gasteiger partial charge in [0.1, 0.15) is 20.2 Å². The first-order valence-electron chi connectivity index (χ1n) is 6.94. The van der Waals surface area contributed by atoms with Crippen LogP contribution in [-0.2, 0) is 39.9 Å². The third-order valence-electron chi connectivity index (χ3n) is 3.08. The van der Waals surface area contributed by atoms with E-state index < -0.39 is 49.7 Å². The number of hydrogen-bond donors (Lipinski definition) is 0. The molecule has 0 saturated heterocycles. The van der Waals surface area contributed by atoms with E-state index in [1.165, 1.54) is 0 Å². The maximum atomic E-state index is 11.0. The van der Waals surface area contributed by atoms with Crippen LogP contribution in [0, 0.1) is 0 Å². The maximum Gasteiger partial charge on any atom is 2.00 e. The van der Waals surface area contributed by atoms with Crippen LogP contribution in [0.3, 0.4) is 0 Å². The van der Waals surface area contributed by atoms with Gasteiger partial charge in [-0.2, -0.15) is 0 Å². The second kappa shape index (κ2) is 10.2. The number of benzene rings is 2. The van der Waals surface area contributed by atoms with E-state index in [2.05, 4.69) is 0 Å². The molecule has 0 aliphatic rings. The van der Waals surface area contributed by atoms with Gasteiger partial charge in [-0.15, -0.1) is 0 Å². The predicted molar refractivity (Wildman–Crippen MR) is 101 cm³/mol. The van der Waals surface area contributed by atoms with Gasteiger partial charge in [0, 0.05) is 12.5 Å². The summed E-state index contributed by atoms with van der Waals surface area (Å²) in [4.78, 5) is -0.926. The van der Waals surface area contributed by atoms with Gasteiger partial charge in [-0.1, -0.05) is 0 Å². The van der Waals surface area contributed by atoms with Crippen LogP contribution in [0.5, 0.6) is 0 Å². The van der Waals surface area contributed by atoms with Crippen molar-refractivity contribution in [3.05, 3.63) is 48.5 Å². The fourth-order valence-corrected chi connectivity index (χ4v) is 3.91. The summed E-state index contributed by atoms with van der Waals surface area (Å²) >= 11 is 0. The third-order valence-corrected chi connectivity index (χ3v) is 7.04. The van der Waals surface area contributed by atoms with Gasteiger partial charge in [-0.25, -0.2) is 33.7 Å². The van der Waals surface area contributed by atoms with Crippen molar-refractivity contribution in [2.45, 2.75) is 19.6 Å². The van der Waals surface area contributed by atoms with Crippen molar-refractivity contribution in [1.29, 1.82) is 0 Å². The van der Waals surface area contributed by atoms with Gasteiger partial charge in [0.2, 0.25) is 0 Å². The van der Waals surface area contributed by atoms with E-state index in [1.54, 1.807) is 0 Å². The average molecular weight is 511 g/mol. The normalized spacial score (nSPS) is 12.3. The fraction of sp³-hybridized carbons (Fsp3) is 0.143. The molecule has 0 heterocycles. The summed E-state index contributed by atoms with van der Waals surface area (Å²) in [5.41, 5.74) is 0. The maximum absolute atomic E-state index is 11.0. The smallest absolute Gasteiger partial charge is 0.744 e. The summed E-state index contributed by atoms with van der Waals surface area (Å²) in [5, 5.41) is 0. The second-order valence-corrected chi connectivity index (χ2v) is 12.2. The van der Waals surface area contributed by atoms with Crippen LogP contribution in [-0.4, -0.2) is 93.0 Å². The molecule has 2 rings (SSSR count). The summed E-state index contributed by atoms with van der Waals surface area (Å²) in [7, 11) is -15.7. The van der Waals surface area contributed by atoms with Gasteiger partial charge < -0.3 is 9.11 Å². The van der Waals surface area contributed by atoms with Gasteiger partial charge in [-0.05, 0) is 48.5 Å². The first kappa shape index (κ1) is 28.4. The van der Waals surface area contributed by atoms with Crippen molar-refractivity contribution in [2.75, 3.05) is 12.5 Å². The van der Waals surface area contributed by atoms with Crippen LogP contribution in [0.1, 0.15) is 0 Å². The second-order valence-electron chi connectivity index (χ2n) is 5.40. The number of rotatable bonds is 4. The minimum atomic E-state index is -4.51. The van der Waals surface area contributed by atoms with Gasteiger partial charge in [0.15, 0.2) is 19.7 Å². The fourth-order valence-electron chi connectivity index (χ4n) is 1.71. The molecule has 0 aliphatic carbocycles. The minimum Gasteiger partial charge on any atom is -0.744 e. The molecule has 0 aromatic heterocycles. The molecule has 0 fully saturated rings. The van der Waals surface area contributed by atoms with Crippen molar-refractivity contribution in [3.63, 3.8) is 0 Å². The molecule has 15 heteroatoms. The molecule has 0 radical (unpaired) electrons. The Morgan fingerprint density at radius 3 is 0.793 bits per heavy atom. The van der Waals surface area contributed by atoms with Crippen LogP contribution in [0.4, 0.5) is 0 Å². The molecule has 0 spiro atoms. The van der Waals surface area contributed by atoms with Crippen molar-refractivity contribution in [2.24, 2.45) is 0 Å². The largest absolute Gasteiger partial charge is 2.00 e. The molecule has 156 valence electrons. The molecular formula is C14H14CaO10S4. The Hall–Kier alpha value is -0.580. The topological polar surface area (TPSA) is 183 Å². The summed E-state index contributed by atoms with van der Waals surface area (Å²) in [6.45, 7) is 0. The van der Waals surface area contributed by atoms with Crippen molar-refractivity contribution >= 4 is 77.6 Å². The van der Waals surface area contributed by atoms with Crippen molar-refractivity contribution in [1.82, 2.24) is 0 Å². The monoisotopic (exact) mass is 510 g/mol. The molecule has 0 amide bonds. The quantitative estimate of drug-likeness (QED) is 0.388. The molecule has 0 unspecified atom stereocenters. The first-order valence-corrected chi connectivity index (χ1v) is 13.5. The van der Waals surface area contributed by atoms with E-state index >= 15 is 0 Å².